The zero-order valence-electron chi connectivity index (χ0n) is 34.7. The van der Waals surface area contributed by atoms with Gasteiger partial charge in [-0.2, -0.15) is 0 Å². The van der Waals surface area contributed by atoms with E-state index in [2.05, 4.69) is 117 Å². The second kappa shape index (κ2) is 19.2. The van der Waals surface area contributed by atoms with Crippen LogP contribution in [0.5, 0.6) is 0 Å². The van der Waals surface area contributed by atoms with Gasteiger partial charge in [-0.3, -0.25) is 9.59 Å². The van der Waals surface area contributed by atoms with Crippen LogP contribution in [-0.4, -0.2) is 109 Å². The standard InChI is InChI=1S/C44H58N6O4.2HI/c1-13-31-27(3)35-23-36-29(5)33(15-17-43(51)53-21-19-49(7,8)9)41(47-36)26-42-34(16-18-44(52)54-22-20-50(10,11)12)30(6)38(48-42)25-40-32(14-2)28(4)37(46-40)24-39(31)45-35;;/h13-14,23-26,45,48H,1-2,15-22H2,3-12H3;2*1H/q+2;;/p-2. The SMILES string of the molecule is C=CC1=C(C)c2cc3[nH]c(cc4nc(cc5[nH]c(cc1n2)c(C)c5CCC(=O)OCC[N+](C)(C)C)C(CCC(=O)OCC[N+](C)(C)C)=C4C)c(C)c3C=C.[I-].[I-]. The molecule has 3 aromatic rings. The van der Waals surface area contributed by atoms with Gasteiger partial charge in [0.2, 0.25) is 0 Å². The Balaban J connectivity index is 0.00000420. The van der Waals surface area contributed by atoms with Gasteiger partial charge >= 0.3 is 11.9 Å². The molecule has 2 aliphatic rings. The molecule has 0 spiro atoms. The lowest BCUT2D eigenvalue weighted by molar-refractivity contribution is -0.870. The number of hydrogen-bond donors (Lipinski definition) is 2. The zero-order valence-corrected chi connectivity index (χ0v) is 39.0. The fourth-order valence-electron chi connectivity index (χ4n) is 6.77. The Bertz CT molecular complexity index is 2230. The Hall–Kier alpha value is -3.60. The number of halogens is 2. The number of aromatic nitrogens is 4. The summed E-state index contributed by atoms with van der Waals surface area (Å²) in [7, 11) is 12.4. The normalized spacial score (nSPS) is 12.9. The first-order valence-corrected chi connectivity index (χ1v) is 18.7. The Labute approximate surface area is 366 Å². The number of aromatic amines is 2. The summed E-state index contributed by atoms with van der Waals surface area (Å²) in [4.78, 5) is 43.5. The number of H-pyrrole nitrogens is 2. The summed E-state index contributed by atoms with van der Waals surface area (Å²) < 4.78 is 12.7. The fourth-order valence-corrected chi connectivity index (χ4v) is 6.77. The van der Waals surface area contributed by atoms with Crippen molar-refractivity contribution in [1.82, 2.24) is 19.9 Å². The van der Waals surface area contributed by atoms with Crippen molar-refractivity contribution >= 4 is 62.4 Å². The molecule has 0 saturated heterocycles. The molecule has 2 aliphatic heterocycles. The number of aryl methyl sites for hydroxylation is 3. The van der Waals surface area contributed by atoms with Crippen molar-refractivity contribution in [2.45, 2.75) is 53.4 Å². The first kappa shape index (κ1) is 46.8. The van der Waals surface area contributed by atoms with Gasteiger partial charge in [0.15, 0.2) is 0 Å². The highest BCUT2D eigenvalue weighted by Crippen LogP contribution is 2.36. The maximum Gasteiger partial charge on any atom is 0.306 e. The molecule has 0 fully saturated rings. The van der Waals surface area contributed by atoms with Crippen molar-refractivity contribution in [2.75, 3.05) is 68.6 Å². The number of carbonyl (C=O) groups excluding carboxylic acids is 2. The van der Waals surface area contributed by atoms with Crippen LogP contribution in [0.15, 0.2) is 43.5 Å². The number of hydrogen-bond acceptors (Lipinski definition) is 6. The minimum atomic E-state index is -0.235. The van der Waals surface area contributed by atoms with Crippen LogP contribution in [0.2, 0.25) is 0 Å². The third-order valence-corrected chi connectivity index (χ3v) is 10.3. The van der Waals surface area contributed by atoms with E-state index in [1.807, 2.05) is 12.2 Å². The first-order valence-electron chi connectivity index (χ1n) is 18.7. The number of carbonyl (C=O) groups is 2. The molecule has 8 bridgehead atoms. The Kier molecular flexibility index (Phi) is 16.1. The van der Waals surface area contributed by atoms with Crippen LogP contribution < -0.4 is 48.0 Å². The van der Waals surface area contributed by atoms with E-state index in [-0.39, 0.29) is 72.7 Å². The van der Waals surface area contributed by atoms with Crippen LogP contribution >= 0.6 is 0 Å². The molecule has 0 radical (unpaired) electrons. The molecule has 10 nitrogen and oxygen atoms in total. The lowest BCUT2D eigenvalue weighted by atomic mass is 10.00. The van der Waals surface area contributed by atoms with Crippen molar-refractivity contribution < 1.29 is 76.0 Å². The number of nitrogens with one attached hydrogen (secondary N) is 2. The smallest absolute Gasteiger partial charge is 0.306 e. The molecule has 302 valence electrons. The molecule has 0 aliphatic carbocycles. The van der Waals surface area contributed by atoms with Gasteiger partial charge in [0, 0.05) is 46.0 Å². The molecule has 2 N–H and O–H groups in total. The van der Waals surface area contributed by atoms with Crippen molar-refractivity contribution in [3.05, 3.63) is 88.5 Å². The monoisotopic (exact) mass is 988 g/mol. The van der Waals surface area contributed by atoms with E-state index in [0.29, 0.717) is 35.0 Å². The number of rotatable bonds is 14. The highest BCUT2D eigenvalue weighted by molar-refractivity contribution is 5.98. The molecule has 5 heterocycles. The number of allylic oxidation sites excluding steroid dienone is 5. The Morgan fingerprint density at radius 1 is 0.643 bits per heavy atom. The second-order valence-corrected chi connectivity index (χ2v) is 16.4. The average Bonchev–Trinajstić information content (AvgIpc) is 3.74. The average molecular weight is 989 g/mol. The van der Waals surface area contributed by atoms with E-state index in [1.165, 1.54) is 0 Å². The van der Waals surface area contributed by atoms with Crippen molar-refractivity contribution in [1.29, 1.82) is 0 Å². The molecule has 0 saturated carbocycles. The van der Waals surface area contributed by atoms with Gasteiger partial charge < -0.3 is 76.4 Å². The highest BCUT2D eigenvalue weighted by atomic mass is 127. The number of likely N-dealkylation sites (N-methyl/N-ethyl adjacent to an activating group) is 2. The van der Waals surface area contributed by atoms with E-state index in [0.717, 1.165) is 102 Å². The topological polar surface area (TPSA) is 110 Å². The Morgan fingerprint density at radius 2 is 1.12 bits per heavy atom. The van der Waals surface area contributed by atoms with Gasteiger partial charge in [0.1, 0.15) is 26.3 Å². The molecule has 5 rings (SSSR count). The third kappa shape index (κ3) is 11.3. The number of quaternary nitrogens is 2. The Morgan fingerprint density at radius 3 is 1.70 bits per heavy atom. The quantitative estimate of drug-likeness (QED) is 0.145. The van der Waals surface area contributed by atoms with Gasteiger partial charge in [-0.05, 0) is 98.2 Å². The summed E-state index contributed by atoms with van der Waals surface area (Å²) in [5.74, 6) is -0.467. The van der Waals surface area contributed by atoms with Crippen LogP contribution in [0, 0.1) is 13.8 Å². The number of nitrogens with zero attached hydrogens (tertiary/aromatic N) is 4. The molecule has 12 heteroatoms. The summed E-state index contributed by atoms with van der Waals surface area (Å²) in [5.41, 5.74) is 14.8. The van der Waals surface area contributed by atoms with Crippen LogP contribution in [0.1, 0.15) is 78.1 Å². The number of esters is 2. The maximum absolute atomic E-state index is 13.0. The van der Waals surface area contributed by atoms with Gasteiger partial charge in [0.25, 0.3) is 0 Å². The zero-order chi connectivity index (χ0) is 39.5. The molecule has 56 heavy (non-hydrogen) atoms. The van der Waals surface area contributed by atoms with Gasteiger partial charge in [-0.25, -0.2) is 9.97 Å². The molecule has 0 aromatic carbocycles. The number of ether oxygens (including phenoxy) is 2. The summed E-state index contributed by atoms with van der Waals surface area (Å²) in [5, 5.41) is 0. The predicted octanol–water partition coefficient (Wildman–Crippen LogP) is 1.84. The van der Waals surface area contributed by atoms with E-state index in [4.69, 9.17) is 19.4 Å². The molecular weight excluding hydrogens is 930 g/mol. The maximum atomic E-state index is 13.0. The third-order valence-electron chi connectivity index (χ3n) is 10.3. The summed E-state index contributed by atoms with van der Waals surface area (Å²) in [6.07, 6.45) is 5.13. The summed E-state index contributed by atoms with van der Waals surface area (Å²) in [6, 6.07) is 8.24. The lowest BCUT2D eigenvalue weighted by Crippen LogP contribution is -3.00. The molecule has 0 amide bonds. The fraction of sp³-hybridized carbons (Fsp3) is 0.409. The highest BCUT2D eigenvalue weighted by Gasteiger charge is 2.22. The minimum absolute atomic E-state index is 0. The predicted molar refractivity (Wildman–Crippen MR) is 221 cm³/mol. The number of fused-ring (bicyclic) bond motifs is 8. The summed E-state index contributed by atoms with van der Waals surface area (Å²) >= 11 is 0. The first-order chi connectivity index (χ1) is 25.4. The second-order valence-electron chi connectivity index (χ2n) is 16.4. The summed E-state index contributed by atoms with van der Waals surface area (Å²) in [6.45, 7) is 18.7. The molecule has 0 unspecified atom stereocenters. The van der Waals surface area contributed by atoms with Crippen LogP contribution in [-0.2, 0) is 25.5 Å². The van der Waals surface area contributed by atoms with Crippen molar-refractivity contribution in [3.63, 3.8) is 0 Å². The van der Waals surface area contributed by atoms with E-state index < -0.39 is 0 Å². The van der Waals surface area contributed by atoms with Crippen LogP contribution in [0.25, 0.3) is 50.4 Å². The molecule has 3 aromatic heterocycles. The molecular formula is C44H58I2N6O4. The van der Waals surface area contributed by atoms with Gasteiger partial charge in [0.05, 0.1) is 65.1 Å². The van der Waals surface area contributed by atoms with E-state index >= 15 is 0 Å². The van der Waals surface area contributed by atoms with Crippen LogP contribution in [0.3, 0.4) is 0 Å². The van der Waals surface area contributed by atoms with E-state index in [1.54, 1.807) is 0 Å². The van der Waals surface area contributed by atoms with E-state index in [9.17, 15) is 9.59 Å². The van der Waals surface area contributed by atoms with Gasteiger partial charge in [-0.1, -0.05) is 25.3 Å². The molecule has 0 atom stereocenters. The van der Waals surface area contributed by atoms with Crippen LogP contribution in [0.4, 0.5) is 0 Å². The minimum Gasteiger partial charge on any atom is -1.00 e. The lowest BCUT2D eigenvalue weighted by Gasteiger charge is -2.23. The van der Waals surface area contributed by atoms with Crippen molar-refractivity contribution in [2.24, 2.45) is 0 Å². The van der Waals surface area contributed by atoms with Gasteiger partial charge in [-0.15, -0.1) is 0 Å². The van der Waals surface area contributed by atoms with Crippen molar-refractivity contribution in [3.8, 4) is 0 Å². The largest absolute Gasteiger partial charge is 1.00 e.